The highest BCUT2D eigenvalue weighted by molar-refractivity contribution is 9.10. The molecule has 0 atom stereocenters. The highest BCUT2D eigenvalue weighted by Crippen LogP contribution is 2.21. The van der Waals surface area contributed by atoms with E-state index in [1.807, 2.05) is 0 Å². The second-order valence-corrected chi connectivity index (χ2v) is 4.55. The zero-order valence-electron chi connectivity index (χ0n) is 9.44. The Morgan fingerprint density at radius 3 is 2.88 bits per heavy atom. The maximum Gasteiger partial charge on any atom is 0.232 e. The molecule has 90 valence electrons. The topological polar surface area (TPSA) is 70.3 Å². The predicted octanol–water partition coefficient (Wildman–Crippen LogP) is 1.87. The van der Waals surface area contributed by atoms with Crippen LogP contribution in [0.4, 0.5) is 5.95 Å². The zero-order chi connectivity index (χ0) is 12.0. The number of rotatable bonds is 6. The van der Waals surface area contributed by atoms with Crippen molar-refractivity contribution in [2.45, 2.75) is 13.8 Å². The lowest BCUT2D eigenvalue weighted by Crippen LogP contribution is -2.11. The Kier molecular flexibility index (Phi) is 5.48. The summed E-state index contributed by atoms with van der Waals surface area (Å²) in [5.74, 6) is 1.17. The second kappa shape index (κ2) is 6.65. The van der Waals surface area contributed by atoms with Gasteiger partial charge >= 0.3 is 0 Å². The van der Waals surface area contributed by atoms with Gasteiger partial charge in [-0.25, -0.2) is 4.98 Å². The summed E-state index contributed by atoms with van der Waals surface area (Å²) in [5, 5.41) is 0. The maximum atomic E-state index is 5.44. The highest BCUT2D eigenvalue weighted by atomic mass is 79.9. The first-order valence-corrected chi connectivity index (χ1v) is 5.87. The van der Waals surface area contributed by atoms with Gasteiger partial charge in [-0.2, -0.15) is 4.98 Å². The van der Waals surface area contributed by atoms with E-state index in [1.165, 1.54) is 0 Å². The fourth-order valence-corrected chi connectivity index (χ4v) is 1.29. The molecule has 0 aliphatic heterocycles. The van der Waals surface area contributed by atoms with Crippen molar-refractivity contribution in [3.8, 4) is 5.88 Å². The molecule has 0 radical (unpaired) electrons. The maximum absolute atomic E-state index is 5.44. The average Bonchev–Trinajstić information content (AvgIpc) is 2.22. The molecular formula is C10H16BrN3O2. The van der Waals surface area contributed by atoms with E-state index >= 15 is 0 Å². The summed E-state index contributed by atoms with van der Waals surface area (Å²) in [5.41, 5.74) is 5.44. The SMILES string of the molecule is CC(C)COCCOc1nc(N)ncc1Br. The van der Waals surface area contributed by atoms with Crippen LogP contribution >= 0.6 is 15.9 Å². The monoisotopic (exact) mass is 289 g/mol. The minimum absolute atomic E-state index is 0.196. The van der Waals surface area contributed by atoms with Crippen molar-refractivity contribution in [2.24, 2.45) is 5.92 Å². The van der Waals surface area contributed by atoms with Gasteiger partial charge in [0.2, 0.25) is 11.8 Å². The van der Waals surface area contributed by atoms with Crippen LogP contribution in [0.2, 0.25) is 0 Å². The van der Waals surface area contributed by atoms with Crippen LogP contribution in [-0.4, -0.2) is 29.8 Å². The fraction of sp³-hybridized carbons (Fsp3) is 0.600. The lowest BCUT2D eigenvalue weighted by Gasteiger charge is -2.09. The minimum Gasteiger partial charge on any atom is -0.474 e. The van der Waals surface area contributed by atoms with E-state index < -0.39 is 0 Å². The molecule has 5 nitrogen and oxygen atoms in total. The summed E-state index contributed by atoms with van der Waals surface area (Å²) < 4.78 is 11.5. The number of anilines is 1. The molecule has 0 spiro atoms. The Morgan fingerprint density at radius 2 is 2.19 bits per heavy atom. The first kappa shape index (κ1) is 13.2. The zero-order valence-corrected chi connectivity index (χ0v) is 11.0. The molecule has 0 unspecified atom stereocenters. The van der Waals surface area contributed by atoms with Crippen molar-refractivity contribution in [1.29, 1.82) is 0 Å². The summed E-state index contributed by atoms with van der Waals surface area (Å²) in [6.45, 7) is 5.91. The first-order valence-electron chi connectivity index (χ1n) is 5.08. The van der Waals surface area contributed by atoms with Crippen LogP contribution in [-0.2, 0) is 4.74 Å². The van der Waals surface area contributed by atoms with Crippen LogP contribution in [0.15, 0.2) is 10.7 Å². The van der Waals surface area contributed by atoms with E-state index in [0.29, 0.717) is 29.5 Å². The van der Waals surface area contributed by atoms with Gasteiger partial charge in [0, 0.05) is 6.61 Å². The normalized spacial score (nSPS) is 10.8. The number of hydrogen-bond donors (Lipinski definition) is 1. The van der Waals surface area contributed by atoms with Crippen molar-refractivity contribution < 1.29 is 9.47 Å². The van der Waals surface area contributed by atoms with E-state index in [1.54, 1.807) is 6.20 Å². The van der Waals surface area contributed by atoms with Gasteiger partial charge in [0.05, 0.1) is 17.3 Å². The summed E-state index contributed by atoms with van der Waals surface area (Å²) in [6.07, 6.45) is 1.56. The van der Waals surface area contributed by atoms with Gasteiger partial charge in [-0.1, -0.05) is 13.8 Å². The number of halogens is 1. The van der Waals surface area contributed by atoms with Crippen molar-refractivity contribution >= 4 is 21.9 Å². The Hall–Kier alpha value is -0.880. The van der Waals surface area contributed by atoms with Gasteiger partial charge in [-0.05, 0) is 21.8 Å². The van der Waals surface area contributed by atoms with Crippen LogP contribution in [0.5, 0.6) is 5.88 Å². The van der Waals surface area contributed by atoms with Gasteiger partial charge in [0.15, 0.2) is 0 Å². The van der Waals surface area contributed by atoms with Crippen LogP contribution in [0.25, 0.3) is 0 Å². The summed E-state index contributed by atoms with van der Waals surface area (Å²) in [4.78, 5) is 7.76. The van der Waals surface area contributed by atoms with Crippen molar-refractivity contribution in [2.75, 3.05) is 25.6 Å². The van der Waals surface area contributed by atoms with Gasteiger partial charge in [-0.15, -0.1) is 0 Å². The molecule has 16 heavy (non-hydrogen) atoms. The van der Waals surface area contributed by atoms with E-state index in [2.05, 4.69) is 39.7 Å². The largest absolute Gasteiger partial charge is 0.474 e. The molecule has 0 aliphatic carbocycles. The summed E-state index contributed by atoms with van der Waals surface area (Å²) >= 11 is 3.28. The van der Waals surface area contributed by atoms with E-state index in [0.717, 1.165) is 6.61 Å². The summed E-state index contributed by atoms with van der Waals surface area (Å²) in [7, 11) is 0. The van der Waals surface area contributed by atoms with Gasteiger partial charge < -0.3 is 15.2 Å². The molecule has 0 amide bonds. The molecule has 1 aromatic rings. The lowest BCUT2D eigenvalue weighted by atomic mass is 10.2. The van der Waals surface area contributed by atoms with E-state index in [4.69, 9.17) is 15.2 Å². The van der Waals surface area contributed by atoms with E-state index in [-0.39, 0.29) is 5.95 Å². The number of nitrogens with zero attached hydrogens (tertiary/aromatic N) is 2. The Labute approximate surface area is 103 Å². The van der Waals surface area contributed by atoms with Crippen LogP contribution in [0.3, 0.4) is 0 Å². The molecule has 0 bridgehead atoms. The number of ether oxygens (including phenoxy) is 2. The lowest BCUT2D eigenvalue weighted by molar-refractivity contribution is 0.0804. The molecule has 6 heteroatoms. The van der Waals surface area contributed by atoms with Gasteiger partial charge in [-0.3, -0.25) is 0 Å². The molecular weight excluding hydrogens is 274 g/mol. The van der Waals surface area contributed by atoms with Crippen LogP contribution in [0.1, 0.15) is 13.8 Å². The van der Waals surface area contributed by atoms with Crippen molar-refractivity contribution in [3.05, 3.63) is 10.7 Å². The molecule has 1 heterocycles. The average molecular weight is 290 g/mol. The fourth-order valence-electron chi connectivity index (χ4n) is 0.982. The Balaban J connectivity index is 2.29. The molecule has 1 rings (SSSR count). The number of aromatic nitrogens is 2. The number of nitrogen functional groups attached to an aromatic ring is 1. The Morgan fingerprint density at radius 1 is 1.44 bits per heavy atom. The van der Waals surface area contributed by atoms with Crippen molar-refractivity contribution in [3.63, 3.8) is 0 Å². The third-order valence-corrected chi connectivity index (χ3v) is 2.19. The molecule has 0 fully saturated rings. The highest BCUT2D eigenvalue weighted by Gasteiger charge is 2.04. The van der Waals surface area contributed by atoms with E-state index in [9.17, 15) is 0 Å². The van der Waals surface area contributed by atoms with Gasteiger partial charge in [0.1, 0.15) is 6.61 Å². The van der Waals surface area contributed by atoms with Gasteiger partial charge in [0.25, 0.3) is 0 Å². The number of hydrogen-bond acceptors (Lipinski definition) is 5. The first-order chi connectivity index (χ1) is 7.59. The van der Waals surface area contributed by atoms with Crippen LogP contribution < -0.4 is 10.5 Å². The molecule has 1 aromatic heterocycles. The third-order valence-electron chi connectivity index (χ3n) is 1.65. The molecule has 0 saturated carbocycles. The quantitative estimate of drug-likeness (QED) is 0.810. The molecule has 2 N–H and O–H groups in total. The smallest absolute Gasteiger partial charge is 0.232 e. The molecule has 0 saturated heterocycles. The standard InChI is InChI=1S/C10H16BrN3O2/c1-7(2)6-15-3-4-16-9-8(11)5-13-10(12)14-9/h5,7H,3-4,6H2,1-2H3,(H2,12,13,14). The Bertz CT molecular complexity index is 334. The molecule has 0 aromatic carbocycles. The minimum atomic E-state index is 0.196. The predicted molar refractivity (Wildman–Crippen MR) is 65.3 cm³/mol. The van der Waals surface area contributed by atoms with Crippen LogP contribution in [0, 0.1) is 5.92 Å². The third kappa shape index (κ3) is 4.76. The second-order valence-electron chi connectivity index (χ2n) is 3.70. The van der Waals surface area contributed by atoms with Crippen molar-refractivity contribution in [1.82, 2.24) is 9.97 Å². The number of nitrogens with two attached hydrogens (primary N) is 1. The summed E-state index contributed by atoms with van der Waals surface area (Å²) in [6, 6.07) is 0. The molecule has 0 aliphatic rings.